The van der Waals surface area contributed by atoms with E-state index in [0.29, 0.717) is 12.0 Å². The zero-order valence-corrected chi connectivity index (χ0v) is 17.4. The summed E-state index contributed by atoms with van der Waals surface area (Å²) in [7, 11) is -3.51. The van der Waals surface area contributed by atoms with Crippen LogP contribution in [0.15, 0.2) is 51.0 Å². The highest BCUT2D eigenvalue weighted by Crippen LogP contribution is 2.21. The van der Waals surface area contributed by atoms with Crippen molar-refractivity contribution in [2.24, 2.45) is 10.2 Å². The second kappa shape index (κ2) is 9.93. The minimum atomic E-state index is -3.51. The molecule has 0 aliphatic heterocycles. The Bertz CT molecular complexity index is 878. The lowest BCUT2D eigenvalue weighted by Crippen LogP contribution is -2.23. The molecule has 0 bridgehead atoms. The molecule has 0 N–H and O–H groups in total. The number of carbonyl (C=O) groups is 2. The van der Waals surface area contributed by atoms with Crippen LogP contribution in [0.3, 0.4) is 0 Å². The molecule has 0 amide bonds. The van der Waals surface area contributed by atoms with E-state index in [-0.39, 0.29) is 36.1 Å². The Balaban J connectivity index is 1.97. The van der Waals surface area contributed by atoms with Crippen LogP contribution in [0.5, 0.6) is 0 Å². The smallest absolute Gasteiger partial charge is 0.321 e. The maximum atomic E-state index is 12.7. The van der Waals surface area contributed by atoms with Crippen molar-refractivity contribution < 1.29 is 22.7 Å². The van der Waals surface area contributed by atoms with Crippen LogP contribution < -0.4 is 0 Å². The molecule has 1 aliphatic carbocycles. The van der Waals surface area contributed by atoms with Crippen LogP contribution >= 0.6 is 11.6 Å². The molecule has 1 aromatic carbocycles. The van der Waals surface area contributed by atoms with E-state index in [1.165, 1.54) is 6.08 Å². The Labute approximate surface area is 169 Å². The standard InChI is InChI=1S/C19H23ClN2O5S/c1-3-16(28(25,26)17-6-4-13(2)5-7-17)12-22-21-11-14-8-15(9-18(14)23)27-19(24)10-20/h4-8,15-16H,3,9-12H2,1-2H3/t15-,16+/m1/s1. The first-order chi connectivity index (χ1) is 13.3. The maximum absolute atomic E-state index is 12.7. The van der Waals surface area contributed by atoms with Gasteiger partial charge in [0.05, 0.1) is 29.7 Å². The van der Waals surface area contributed by atoms with Gasteiger partial charge in [0.2, 0.25) is 0 Å². The van der Waals surface area contributed by atoms with E-state index in [1.807, 2.05) is 6.92 Å². The van der Waals surface area contributed by atoms with Crippen molar-refractivity contribution in [3.05, 3.63) is 41.5 Å². The number of nitrogens with zero attached hydrogens (tertiary/aromatic N) is 2. The molecule has 7 nitrogen and oxygen atoms in total. The first-order valence-corrected chi connectivity index (χ1v) is 11.0. The van der Waals surface area contributed by atoms with Crippen LogP contribution in [0.25, 0.3) is 0 Å². The zero-order valence-electron chi connectivity index (χ0n) is 15.8. The number of carbonyl (C=O) groups excluding carboxylic acids is 2. The van der Waals surface area contributed by atoms with Gasteiger partial charge in [-0.05, 0) is 31.6 Å². The predicted molar refractivity (Wildman–Crippen MR) is 105 cm³/mol. The van der Waals surface area contributed by atoms with E-state index >= 15 is 0 Å². The molecule has 0 saturated carbocycles. The monoisotopic (exact) mass is 426 g/mol. The van der Waals surface area contributed by atoms with E-state index in [0.717, 1.165) is 5.56 Å². The van der Waals surface area contributed by atoms with Gasteiger partial charge in [-0.15, -0.1) is 11.6 Å². The number of Topliss-reactive ketones (excluding diaryl/α,β-unsaturated/α-hetero) is 1. The Morgan fingerprint density at radius 2 is 1.96 bits per heavy atom. The van der Waals surface area contributed by atoms with Crippen molar-refractivity contribution in [3.8, 4) is 0 Å². The molecular weight excluding hydrogens is 404 g/mol. The molecule has 1 aromatic rings. The number of azo groups is 1. The fourth-order valence-corrected chi connectivity index (χ4v) is 4.41. The van der Waals surface area contributed by atoms with E-state index in [4.69, 9.17) is 16.3 Å². The average Bonchev–Trinajstić information content (AvgIpc) is 3.00. The third-order valence-corrected chi connectivity index (χ3v) is 6.90. The third-order valence-electron chi connectivity index (χ3n) is 4.39. The molecule has 0 radical (unpaired) electrons. The topological polar surface area (TPSA) is 102 Å². The minimum absolute atomic E-state index is 0.0127. The molecule has 2 atom stereocenters. The summed E-state index contributed by atoms with van der Waals surface area (Å²) in [5, 5.41) is 7.24. The predicted octanol–water partition coefficient (Wildman–Crippen LogP) is 3.05. The number of aryl methyl sites for hydroxylation is 1. The van der Waals surface area contributed by atoms with Gasteiger partial charge in [-0.3, -0.25) is 9.59 Å². The number of alkyl halides is 1. The van der Waals surface area contributed by atoms with Crippen molar-refractivity contribution in [1.29, 1.82) is 0 Å². The number of ether oxygens (including phenoxy) is 1. The Hall–Kier alpha value is -2.06. The lowest BCUT2D eigenvalue weighted by Gasteiger charge is -2.13. The van der Waals surface area contributed by atoms with Crippen molar-refractivity contribution in [2.45, 2.75) is 42.9 Å². The van der Waals surface area contributed by atoms with Crippen molar-refractivity contribution >= 4 is 33.2 Å². The molecule has 9 heteroatoms. The van der Waals surface area contributed by atoms with Crippen LogP contribution in [0.1, 0.15) is 25.3 Å². The van der Waals surface area contributed by atoms with Gasteiger partial charge in [-0.1, -0.05) is 24.6 Å². The summed E-state index contributed by atoms with van der Waals surface area (Å²) >= 11 is 5.37. The molecule has 1 aliphatic rings. The summed E-state index contributed by atoms with van der Waals surface area (Å²) in [6, 6.07) is 6.70. The molecule has 0 unspecified atom stereocenters. The highest BCUT2D eigenvalue weighted by molar-refractivity contribution is 7.92. The summed E-state index contributed by atoms with van der Waals surface area (Å²) in [4.78, 5) is 23.4. The Kier molecular flexibility index (Phi) is 7.88. The van der Waals surface area contributed by atoms with Gasteiger partial charge in [-0.25, -0.2) is 8.42 Å². The maximum Gasteiger partial charge on any atom is 0.321 e. The molecule has 28 heavy (non-hydrogen) atoms. The number of hydrogen-bond donors (Lipinski definition) is 0. The highest BCUT2D eigenvalue weighted by atomic mass is 35.5. The molecule has 0 aromatic heterocycles. The normalized spacial score (nSPS) is 18.3. The van der Waals surface area contributed by atoms with Gasteiger partial charge in [0.25, 0.3) is 0 Å². The van der Waals surface area contributed by atoms with Gasteiger partial charge in [0.15, 0.2) is 15.6 Å². The van der Waals surface area contributed by atoms with Crippen molar-refractivity contribution in [1.82, 2.24) is 0 Å². The molecule has 152 valence electrons. The lowest BCUT2D eigenvalue weighted by molar-refractivity contribution is -0.144. The highest BCUT2D eigenvalue weighted by Gasteiger charge is 2.27. The number of rotatable bonds is 9. The number of esters is 1. The van der Waals surface area contributed by atoms with Crippen LogP contribution in [-0.2, 0) is 24.2 Å². The van der Waals surface area contributed by atoms with Gasteiger partial charge < -0.3 is 4.74 Å². The van der Waals surface area contributed by atoms with E-state index in [2.05, 4.69) is 10.2 Å². The quantitative estimate of drug-likeness (QED) is 0.343. The number of benzene rings is 1. The summed E-state index contributed by atoms with van der Waals surface area (Å²) in [5.41, 5.74) is 1.38. The number of hydrogen-bond acceptors (Lipinski definition) is 7. The number of halogens is 1. The van der Waals surface area contributed by atoms with Gasteiger partial charge in [-0.2, -0.15) is 10.2 Å². The number of ketones is 1. The van der Waals surface area contributed by atoms with Crippen LogP contribution in [0.2, 0.25) is 0 Å². The lowest BCUT2D eigenvalue weighted by atomic mass is 10.2. The van der Waals surface area contributed by atoms with Gasteiger partial charge >= 0.3 is 5.97 Å². The molecule has 0 heterocycles. The summed E-state index contributed by atoms with van der Waals surface area (Å²) in [5.74, 6) is -1.04. The fraction of sp³-hybridized carbons (Fsp3) is 0.474. The molecule has 2 rings (SSSR count). The minimum Gasteiger partial charge on any atom is -0.457 e. The zero-order chi connectivity index (χ0) is 20.7. The summed E-state index contributed by atoms with van der Waals surface area (Å²) in [6.45, 7) is 3.71. The molecule has 0 fully saturated rings. The van der Waals surface area contributed by atoms with Crippen molar-refractivity contribution in [2.75, 3.05) is 19.0 Å². The molecule has 0 saturated heterocycles. The number of sulfone groups is 1. The first-order valence-electron chi connectivity index (χ1n) is 8.91. The Morgan fingerprint density at radius 1 is 1.29 bits per heavy atom. The van der Waals surface area contributed by atoms with Crippen LogP contribution in [-0.4, -0.2) is 50.5 Å². The van der Waals surface area contributed by atoms with Gasteiger partial charge in [0.1, 0.15) is 12.0 Å². The van der Waals surface area contributed by atoms with Crippen LogP contribution in [0, 0.1) is 6.92 Å². The third kappa shape index (κ3) is 5.72. The molecule has 0 spiro atoms. The van der Waals surface area contributed by atoms with E-state index in [9.17, 15) is 18.0 Å². The van der Waals surface area contributed by atoms with E-state index < -0.39 is 27.2 Å². The van der Waals surface area contributed by atoms with Gasteiger partial charge in [0, 0.05) is 5.57 Å². The second-order valence-corrected chi connectivity index (χ2v) is 8.99. The van der Waals surface area contributed by atoms with Crippen LogP contribution in [0.4, 0.5) is 0 Å². The summed E-state index contributed by atoms with van der Waals surface area (Å²) < 4.78 is 30.5. The average molecular weight is 427 g/mol. The SMILES string of the molecule is CC[C@@H](CN=NCC1=C[C@@H](OC(=O)CCl)CC1=O)S(=O)(=O)c1ccc(C)cc1. The van der Waals surface area contributed by atoms with Crippen molar-refractivity contribution in [3.63, 3.8) is 0 Å². The molecular formula is C19H23ClN2O5S. The Morgan fingerprint density at radius 3 is 2.57 bits per heavy atom. The largest absolute Gasteiger partial charge is 0.457 e. The van der Waals surface area contributed by atoms with E-state index in [1.54, 1.807) is 31.2 Å². The first kappa shape index (κ1) is 22.2. The second-order valence-electron chi connectivity index (χ2n) is 6.49. The fourth-order valence-electron chi connectivity index (χ4n) is 2.75. The summed E-state index contributed by atoms with van der Waals surface area (Å²) in [6.07, 6.45) is 1.36.